The second-order valence-electron chi connectivity index (χ2n) is 3.88. The minimum absolute atomic E-state index is 0.101. The van der Waals surface area contributed by atoms with Crippen molar-refractivity contribution in [1.29, 1.82) is 0 Å². The van der Waals surface area contributed by atoms with Gasteiger partial charge < -0.3 is 15.0 Å². The molecular formula is C11H13N3O3. The Hall–Kier alpha value is -2.11. The summed E-state index contributed by atoms with van der Waals surface area (Å²) < 4.78 is 0.640. The van der Waals surface area contributed by atoms with Crippen molar-refractivity contribution < 1.29 is 14.3 Å². The Morgan fingerprint density at radius 1 is 1.24 bits per heavy atom. The molecule has 1 aliphatic heterocycles. The summed E-state index contributed by atoms with van der Waals surface area (Å²) in [5.41, 5.74) is 0.497. The fraction of sp³-hybridized carbons (Fsp3) is 0.364. The van der Waals surface area contributed by atoms with E-state index in [1.54, 1.807) is 9.80 Å². The van der Waals surface area contributed by atoms with E-state index in [0.717, 1.165) is 6.41 Å². The number of amides is 2. The van der Waals surface area contributed by atoms with E-state index >= 15 is 0 Å². The van der Waals surface area contributed by atoms with Crippen molar-refractivity contribution in [1.82, 2.24) is 9.80 Å². The van der Waals surface area contributed by atoms with E-state index in [0.29, 0.717) is 36.5 Å². The molecule has 0 saturated carbocycles. The van der Waals surface area contributed by atoms with Crippen LogP contribution in [0.5, 0.6) is 0 Å². The van der Waals surface area contributed by atoms with Crippen LogP contribution in [0.2, 0.25) is 0 Å². The molecule has 1 aromatic rings. The molecule has 1 aromatic heterocycles. The monoisotopic (exact) mass is 235 g/mol. The van der Waals surface area contributed by atoms with E-state index in [-0.39, 0.29) is 5.91 Å². The van der Waals surface area contributed by atoms with Crippen molar-refractivity contribution in [3.8, 4) is 0 Å². The molecule has 2 rings (SSSR count). The maximum Gasteiger partial charge on any atom is 0.254 e. The van der Waals surface area contributed by atoms with E-state index in [9.17, 15) is 14.8 Å². The van der Waals surface area contributed by atoms with Crippen LogP contribution in [0.1, 0.15) is 10.4 Å². The summed E-state index contributed by atoms with van der Waals surface area (Å²) in [5.74, 6) is -0.101. The van der Waals surface area contributed by atoms with Gasteiger partial charge in [0.2, 0.25) is 6.41 Å². The van der Waals surface area contributed by atoms with Gasteiger partial charge in [-0.3, -0.25) is 9.59 Å². The van der Waals surface area contributed by atoms with Crippen molar-refractivity contribution in [2.45, 2.75) is 0 Å². The van der Waals surface area contributed by atoms with Gasteiger partial charge in [0.15, 0.2) is 12.4 Å². The number of piperazine rings is 1. The van der Waals surface area contributed by atoms with E-state index in [1.165, 1.54) is 24.5 Å². The summed E-state index contributed by atoms with van der Waals surface area (Å²) in [5, 5.41) is 10.8. The quantitative estimate of drug-likeness (QED) is 0.384. The molecule has 6 nitrogen and oxygen atoms in total. The minimum atomic E-state index is -0.101. The molecule has 0 spiro atoms. The van der Waals surface area contributed by atoms with Crippen LogP contribution >= 0.6 is 0 Å². The first kappa shape index (κ1) is 11.4. The highest BCUT2D eigenvalue weighted by atomic mass is 16.5. The maximum absolute atomic E-state index is 12.0. The lowest BCUT2D eigenvalue weighted by atomic mass is 10.2. The van der Waals surface area contributed by atoms with Crippen molar-refractivity contribution >= 4 is 12.3 Å². The molecule has 0 unspecified atom stereocenters. The van der Waals surface area contributed by atoms with E-state index < -0.39 is 0 Å². The Morgan fingerprint density at radius 3 is 2.35 bits per heavy atom. The molecule has 0 bridgehead atoms. The topological polar surface area (TPSA) is 67.6 Å². The number of nitrogens with zero attached hydrogens (tertiary/aromatic N) is 3. The van der Waals surface area contributed by atoms with Crippen LogP contribution < -0.4 is 4.73 Å². The molecule has 0 radical (unpaired) electrons. The number of pyridine rings is 1. The Bertz CT molecular complexity index is 410. The maximum atomic E-state index is 12.0. The average molecular weight is 235 g/mol. The van der Waals surface area contributed by atoms with Crippen molar-refractivity contribution in [3.63, 3.8) is 0 Å². The van der Waals surface area contributed by atoms with Crippen LogP contribution in [0.15, 0.2) is 24.5 Å². The zero-order valence-corrected chi connectivity index (χ0v) is 9.28. The van der Waals surface area contributed by atoms with Crippen LogP contribution in [0.3, 0.4) is 0 Å². The highest BCUT2D eigenvalue weighted by Crippen LogP contribution is 2.06. The molecule has 0 aromatic carbocycles. The highest BCUT2D eigenvalue weighted by molar-refractivity contribution is 5.94. The summed E-state index contributed by atoms with van der Waals surface area (Å²) in [6, 6.07) is 3.00. The first-order valence-corrected chi connectivity index (χ1v) is 5.38. The summed E-state index contributed by atoms with van der Waals surface area (Å²) in [6.45, 7) is 2.18. The van der Waals surface area contributed by atoms with E-state index in [4.69, 9.17) is 0 Å². The normalized spacial score (nSPS) is 15.8. The first-order chi connectivity index (χ1) is 8.20. The lowest BCUT2D eigenvalue weighted by Crippen LogP contribution is -2.48. The molecule has 2 amide bonds. The molecule has 1 fully saturated rings. The largest absolute Gasteiger partial charge is 0.619 e. The van der Waals surface area contributed by atoms with Gasteiger partial charge in [0.1, 0.15) is 0 Å². The van der Waals surface area contributed by atoms with Gasteiger partial charge in [-0.1, -0.05) is 0 Å². The van der Waals surface area contributed by atoms with Crippen molar-refractivity contribution in [3.05, 3.63) is 35.3 Å². The minimum Gasteiger partial charge on any atom is -0.619 e. The predicted octanol–water partition coefficient (Wildman–Crippen LogP) is -0.766. The van der Waals surface area contributed by atoms with Gasteiger partial charge in [-0.15, -0.1) is 0 Å². The number of carbonyl (C=O) groups excluding carboxylic acids is 2. The molecule has 0 aliphatic carbocycles. The van der Waals surface area contributed by atoms with Gasteiger partial charge in [0.25, 0.3) is 5.91 Å². The standard InChI is InChI=1S/C11H13N3O3/c15-9-12-5-7-13(8-6-12)11(16)10-1-3-14(17)4-2-10/h1-4,9H,5-8H2. The Balaban J connectivity index is 2.01. The van der Waals surface area contributed by atoms with Gasteiger partial charge in [0, 0.05) is 38.3 Å². The molecular weight excluding hydrogens is 222 g/mol. The Kier molecular flexibility index (Phi) is 3.22. The molecule has 6 heteroatoms. The third kappa shape index (κ3) is 2.52. The van der Waals surface area contributed by atoms with Crippen molar-refractivity contribution in [2.24, 2.45) is 0 Å². The third-order valence-corrected chi connectivity index (χ3v) is 2.80. The zero-order valence-electron chi connectivity index (χ0n) is 9.28. The fourth-order valence-electron chi connectivity index (χ4n) is 1.77. The molecule has 17 heavy (non-hydrogen) atoms. The SMILES string of the molecule is O=CN1CCN(C(=O)c2cc[n+]([O-])cc2)CC1. The highest BCUT2D eigenvalue weighted by Gasteiger charge is 2.21. The molecule has 1 aliphatic rings. The van der Waals surface area contributed by atoms with Gasteiger partial charge in [-0.2, -0.15) is 4.73 Å². The molecule has 0 N–H and O–H groups in total. The summed E-state index contributed by atoms with van der Waals surface area (Å²) in [7, 11) is 0. The first-order valence-electron chi connectivity index (χ1n) is 5.38. The predicted molar refractivity (Wildman–Crippen MR) is 58.9 cm³/mol. The smallest absolute Gasteiger partial charge is 0.254 e. The van der Waals surface area contributed by atoms with Gasteiger partial charge in [0.05, 0.1) is 5.56 Å². The number of hydrogen-bond donors (Lipinski definition) is 0. The lowest BCUT2D eigenvalue weighted by Gasteiger charge is -2.32. The van der Waals surface area contributed by atoms with Crippen molar-refractivity contribution in [2.75, 3.05) is 26.2 Å². The van der Waals surface area contributed by atoms with E-state index in [2.05, 4.69) is 0 Å². The van der Waals surface area contributed by atoms with Crippen LogP contribution in [-0.2, 0) is 4.79 Å². The molecule has 0 atom stereocenters. The van der Waals surface area contributed by atoms with Gasteiger partial charge in [-0.25, -0.2) is 0 Å². The summed E-state index contributed by atoms with van der Waals surface area (Å²) in [6.07, 6.45) is 3.40. The Labute approximate surface area is 98.6 Å². The van der Waals surface area contributed by atoms with E-state index in [1.807, 2.05) is 0 Å². The van der Waals surface area contributed by atoms with Crippen LogP contribution in [0.25, 0.3) is 0 Å². The van der Waals surface area contributed by atoms with Crippen LogP contribution in [0.4, 0.5) is 0 Å². The Morgan fingerprint density at radius 2 is 1.82 bits per heavy atom. The van der Waals surface area contributed by atoms with Crippen LogP contribution in [0, 0.1) is 5.21 Å². The van der Waals surface area contributed by atoms with Crippen LogP contribution in [-0.4, -0.2) is 48.3 Å². The van der Waals surface area contributed by atoms with Gasteiger partial charge in [-0.05, 0) is 0 Å². The number of carbonyl (C=O) groups is 2. The molecule has 2 heterocycles. The fourth-order valence-corrected chi connectivity index (χ4v) is 1.77. The lowest BCUT2D eigenvalue weighted by molar-refractivity contribution is -0.605. The zero-order chi connectivity index (χ0) is 12.3. The third-order valence-electron chi connectivity index (χ3n) is 2.80. The second-order valence-corrected chi connectivity index (χ2v) is 3.88. The molecule has 1 saturated heterocycles. The van der Waals surface area contributed by atoms with Gasteiger partial charge >= 0.3 is 0 Å². The number of aromatic nitrogens is 1. The summed E-state index contributed by atoms with van der Waals surface area (Å²) in [4.78, 5) is 25.9. The number of hydrogen-bond acceptors (Lipinski definition) is 3. The second kappa shape index (κ2) is 4.82. The molecule has 90 valence electrons. The summed E-state index contributed by atoms with van der Waals surface area (Å²) >= 11 is 0. The number of rotatable bonds is 2. The average Bonchev–Trinajstić information content (AvgIpc) is 2.39.